The third-order valence-electron chi connectivity index (χ3n) is 4.73. The zero-order valence-electron chi connectivity index (χ0n) is 13.7. The van der Waals surface area contributed by atoms with E-state index in [-0.39, 0.29) is 11.6 Å². The molecule has 1 aliphatic heterocycles. The Morgan fingerprint density at radius 1 is 1.24 bits per heavy atom. The van der Waals surface area contributed by atoms with Crippen LogP contribution in [0.3, 0.4) is 0 Å². The topological polar surface area (TPSA) is 23.5 Å². The summed E-state index contributed by atoms with van der Waals surface area (Å²) in [5.74, 6) is 0. The molecule has 0 aliphatic carbocycles. The van der Waals surface area contributed by atoms with E-state index in [4.69, 9.17) is 0 Å². The molecule has 1 unspecified atom stereocenters. The Bertz CT molecular complexity index is 471. The molecule has 0 bridgehead atoms. The molecule has 0 amide bonds. The summed E-state index contributed by atoms with van der Waals surface area (Å²) in [6.07, 6.45) is 5.34. The minimum Gasteiger partial charge on any atom is -0.374 e. The molecular weight excluding hydrogens is 258 g/mol. The smallest absolute Gasteiger partial charge is 0.127 e. The van der Waals surface area contributed by atoms with Crippen molar-refractivity contribution in [2.24, 2.45) is 5.41 Å². The summed E-state index contributed by atoms with van der Waals surface area (Å²) in [4.78, 5) is 2.17. The molecule has 21 heavy (non-hydrogen) atoms. The molecule has 1 atom stereocenters. The van der Waals surface area contributed by atoms with E-state index in [9.17, 15) is 5.11 Å². The minimum absolute atomic E-state index is 0.288. The van der Waals surface area contributed by atoms with Gasteiger partial charge >= 0.3 is 0 Å². The molecule has 116 valence electrons. The van der Waals surface area contributed by atoms with Gasteiger partial charge in [0.25, 0.3) is 0 Å². The monoisotopic (exact) mass is 287 g/mol. The largest absolute Gasteiger partial charge is 0.374 e. The van der Waals surface area contributed by atoms with Crippen LogP contribution in [0.1, 0.15) is 58.4 Å². The van der Waals surface area contributed by atoms with Crippen molar-refractivity contribution in [2.75, 3.05) is 11.4 Å². The fraction of sp³-hybridized carbons (Fsp3) is 0.579. The van der Waals surface area contributed by atoms with E-state index in [1.165, 1.54) is 31.2 Å². The highest BCUT2D eigenvalue weighted by Crippen LogP contribution is 2.43. The van der Waals surface area contributed by atoms with Gasteiger partial charge in [-0.15, -0.1) is 0 Å². The van der Waals surface area contributed by atoms with Crippen LogP contribution in [0.25, 0.3) is 5.57 Å². The van der Waals surface area contributed by atoms with Crippen molar-refractivity contribution in [3.05, 3.63) is 36.4 Å². The van der Waals surface area contributed by atoms with Gasteiger partial charge in [-0.05, 0) is 49.3 Å². The lowest BCUT2D eigenvalue weighted by molar-refractivity contribution is 0.150. The lowest BCUT2D eigenvalue weighted by Crippen LogP contribution is -2.30. The van der Waals surface area contributed by atoms with Crippen LogP contribution in [0.15, 0.2) is 30.8 Å². The number of aliphatic hydroxyl groups is 1. The number of anilines is 1. The summed E-state index contributed by atoms with van der Waals surface area (Å²) in [5, 5.41) is 10.5. The zero-order chi connectivity index (χ0) is 15.5. The van der Waals surface area contributed by atoms with Crippen LogP contribution in [0.4, 0.5) is 5.69 Å². The fourth-order valence-electron chi connectivity index (χ4n) is 3.78. The van der Waals surface area contributed by atoms with Crippen molar-refractivity contribution >= 4 is 11.3 Å². The number of benzene rings is 1. The average molecular weight is 287 g/mol. The first-order chi connectivity index (χ1) is 10.0. The van der Waals surface area contributed by atoms with Crippen LogP contribution in [-0.2, 0) is 0 Å². The third kappa shape index (κ3) is 3.49. The van der Waals surface area contributed by atoms with Gasteiger partial charge in [0, 0.05) is 12.2 Å². The summed E-state index contributed by atoms with van der Waals surface area (Å²) in [7, 11) is 0. The van der Waals surface area contributed by atoms with Crippen LogP contribution in [0.5, 0.6) is 0 Å². The van der Waals surface area contributed by atoms with Gasteiger partial charge in [0.1, 0.15) is 6.23 Å². The Balaban J connectivity index is 2.18. The minimum atomic E-state index is -0.348. The Kier molecular flexibility index (Phi) is 5.10. The lowest BCUT2D eigenvalue weighted by atomic mass is 9.78. The molecule has 1 fully saturated rings. The molecule has 1 aromatic carbocycles. The highest BCUT2D eigenvalue weighted by atomic mass is 16.3. The molecule has 1 aromatic rings. The van der Waals surface area contributed by atoms with Crippen LogP contribution < -0.4 is 4.90 Å². The lowest BCUT2D eigenvalue weighted by Gasteiger charge is -2.29. The van der Waals surface area contributed by atoms with E-state index in [0.717, 1.165) is 24.2 Å². The van der Waals surface area contributed by atoms with Crippen LogP contribution in [0.2, 0.25) is 0 Å². The van der Waals surface area contributed by atoms with E-state index in [1.807, 2.05) is 6.92 Å². The van der Waals surface area contributed by atoms with Crippen LogP contribution in [0, 0.1) is 5.41 Å². The number of hydrogen-bond donors (Lipinski definition) is 1. The number of hydrogen-bond acceptors (Lipinski definition) is 2. The first kappa shape index (κ1) is 16.1. The molecule has 1 heterocycles. The Labute approximate surface area is 129 Å². The average Bonchev–Trinajstić information content (AvgIpc) is 2.76. The highest BCUT2D eigenvalue weighted by molar-refractivity contribution is 5.64. The van der Waals surface area contributed by atoms with Gasteiger partial charge < -0.3 is 10.0 Å². The molecular formula is C19H29NO. The first-order valence-corrected chi connectivity index (χ1v) is 8.22. The van der Waals surface area contributed by atoms with Crippen LogP contribution in [-0.4, -0.2) is 17.9 Å². The van der Waals surface area contributed by atoms with Gasteiger partial charge in [-0.3, -0.25) is 0 Å². The Morgan fingerprint density at radius 2 is 1.81 bits per heavy atom. The highest BCUT2D eigenvalue weighted by Gasteiger charge is 2.41. The van der Waals surface area contributed by atoms with Gasteiger partial charge in [-0.2, -0.15) is 0 Å². The Morgan fingerprint density at radius 3 is 2.29 bits per heavy atom. The summed E-state index contributed by atoms with van der Waals surface area (Å²) in [6.45, 7) is 11.5. The maximum absolute atomic E-state index is 10.5. The third-order valence-corrected chi connectivity index (χ3v) is 4.73. The molecule has 2 nitrogen and oxygen atoms in total. The zero-order valence-corrected chi connectivity index (χ0v) is 13.7. The SMILES string of the molecule is C=C(C)c1ccc(N2CC(CCC)(CCC)CC2O)cc1. The second-order valence-electron chi connectivity index (χ2n) is 6.64. The van der Waals surface area contributed by atoms with E-state index in [0.29, 0.717) is 0 Å². The molecule has 0 saturated carbocycles. The predicted octanol–water partition coefficient (Wildman–Crippen LogP) is 4.83. The van der Waals surface area contributed by atoms with Crippen molar-refractivity contribution < 1.29 is 5.11 Å². The Hall–Kier alpha value is -1.28. The molecule has 1 saturated heterocycles. The number of nitrogens with zero attached hydrogens (tertiary/aromatic N) is 1. The number of rotatable bonds is 6. The van der Waals surface area contributed by atoms with E-state index in [2.05, 4.69) is 49.6 Å². The molecule has 0 spiro atoms. The summed E-state index contributed by atoms with van der Waals surface area (Å²) in [6, 6.07) is 8.43. The molecule has 0 radical (unpaired) electrons. The second kappa shape index (κ2) is 6.65. The van der Waals surface area contributed by atoms with Crippen molar-refractivity contribution in [3.63, 3.8) is 0 Å². The van der Waals surface area contributed by atoms with E-state index >= 15 is 0 Å². The van der Waals surface area contributed by atoms with Crippen molar-refractivity contribution in [2.45, 2.75) is 59.1 Å². The van der Waals surface area contributed by atoms with Gasteiger partial charge in [0.2, 0.25) is 0 Å². The molecule has 0 aromatic heterocycles. The van der Waals surface area contributed by atoms with Gasteiger partial charge in [0.15, 0.2) is 0 Å². The quantitative estimate of drug-likeness (QED) is 0.809. The van der Waals surface area contributed by atoms with Gasteiger partial charge in [0.05, 0.1) is 0 Å². The van der Waals surface area contributed by atoms with Crippen molar-refractivity contribution in [3.8, 4) is 0 Å². The van der Waals surface area contributed by atoms with Crippen molar-refractivity contribution in [1.29, 1.82) is 0 Å². The second-order valence-corrected chi connectivity index (χ2v) is 6.64. The molecule has 2 rings (SSSR count). The molecule has 2 heteroatoms. The van der Waals surface area contributed by atoms with E-state index in [1.54, 1.807) is 0 Å². The number of allylic oxidation sites excluding steroid dienone is 1. The van der Waals surface area contributed by atoms with Gasteiger partial charge in [-0.25, -0.2) is 0 Å². The van der Waals surface area contributed by atoms with Crippen LogP contribution >= 0.6 is 0 Å². The van der Waals surface area contributed by atoms with Gasteiger partial charge in [-0.1, -0.05) is 51.0 Å². The fourth-order valence-corrected chi connectivity index (χ4v) is 3.78. The predicted molar refractivity (Wildman–Crippen MR) is 91.4 cm³/mol. The summed E-state index contributed by atoms with van der Waals surface area (Å²) < 4.78 is 0. The summed E-state index contributed by atoms with van der Waals surface area (Å²) in [5.41, 5.74) is 3.66. The standard InChI is InChI=1S/C19H29NO/c1-5-11-19(12-6-2)13-18(21)20(14-19)17-9-7-16(8-10-17)15(3)4/h7-10,18,21H,3,5-6,11-14H2,1-2,4H3. The van der Waals surface area contributed by atoms with E-state index < -0.39 is 0 Å². The normalized spacial score (nSPS) is 20.8. The maximum atomic E-state index is 10.5. The molecule has 1 aliphatic rings. The van der Waals surface area contributed by atoms with Crippen molar-refractivity contribution in [1.82, 2.24) is 0 Å². The first-order valence-electron chi connectivity index (χ1n) is 8.22. The maximum Gasteiger partial charge on any atom is 0.127 e. The summed E-state index contributed by atoms with van der Waals surface area (Å²) >= 11 is 0. The number of aliphatic hydroxyl groups excluding tert-OH is 1. The molecule has 1 N–H and O–H groups in total.